The lowest BCUT2D eigenvalue weighted by Gasteiger charge is -2.36. The summed E-state index contributed by atoms with van der Waals surface area (Å²) in [6, 6.07) is 8.40. The van der Waals surface area contributed by atoms with Crippen molar-refractivity contribution in [2.24, 2.45) is 0 Å². The molecule has 0 saturated carbocycles. The van der Waals surface area contributed by atoms with Gasteiger partial charge < -0.3 is 15.0 Å². The van der Waals surface area contributed by atoms with Crippen molar-refractivity contribution in [3.05, 3.63) is 69.7 Å². The zero-order valence-corrected chi connectivity index (χ0v) is 25.0. The summed E-state index contributed by atoms with van der Waals surface area (Å²) in [6.07, 6.45) is 0.529. The molecular weight excluding hydrogens is 586 g/mol. The van der Waals surface area contributed by atoms with Crippen LogP contribution in [0.5, 0.6) is 0 Å². The molecule has 0 radical (unpaired) electrons. The van der Waals surface area contributed by atoms with Gasteiger partial charge in [-0.05, 0) is 63.2 Å². The minimum atomic E-state index is -3.78. The summed E-state index contributed by atoms with van der Waals surface area (Å²) in [5, 5.41) is 2.49. The van der Waals surface area contributed by atoms with Crippen molar-refractivity contribution in [3.8, 4) is 0 Å². The third kappa shape index (κ3) is 6.25. The highest BCUT2D eigenvalue weighted by atomic mass is 35.5. The molecule has 1 fully saturated rings. The first-order valence-corrected chi connectivity index (χ1v) is 14.1. The maximum absolute atomic E-state index is 14.6. The molecule has 10 nitrogen and oxygen atoms in total. The normalized spacial score (nSPS) is 18.5. The highest BCUT2D eigenvalue weighted by Gasteiger charge is 2.44. The number of benzene rings is 2. The van der Waals surface area contributed by atoms with Gasteiger partial charge in [0, 0.05) is 35.7 Å². The Morgan fingerprint density at radius 3 is 2.42 bits per heavy atom. The predicted octanol–water partition coefficient (Wildman–Crippen LogP) is 3.45. The number of nitrogens with one attached hydrogen (secondary N) is 1. The SMILES string of the molecule is CCC(C)(C(=O)OCN1C(=O)CCC(N2Cc3cc(CNC(=O)C(F)(F)c4ccc(Cl)cc4)ccc3C2=O)C1=O)N(C)C. The van der Waals surface area contributed by atoms with E-state index in [1.165, 1.54) is 29.2 Å². The smallest absolute Gasteiger partial charge is 0.349 e. The van der Waals surface area contributed by atoms with Gasteiger partial charge in [0.1, 0.15) is 11.6 Å². The molecule has 4 amide bonds. The molecule has 2 aromatic carbocycles. The molecule has 230 valence electrons. The third-order valence-electron chi connectivity index (χ3n) is 8.25. The van der Waals surface area contributed by atoms with Crippen LogP contribution in [0.2, 0.25) is 5.02 Å². The van der Waals surface area contributed by atoms with E-state index in [0.717, 1.165) is 17.0 Å². The Morgan fingerprint density at radius 2 is 1.79 bits per heavy atom. The number of esters is 1. The van der Waals surface area contributed by atoms with Crippen molar-refractivity contribution >= 4 is 41.2 Å². The fourth-order valence-corrected chi connectivity index (χ4v) is 5.14. The Labute approximate surface area is 252 Å². The lowest BCUT2D eigenvalue weighted by Crippen LogP contribution is -2.56. The number of carbonyl (C=O) groups excluding carboxylic acids is 5. The van der Waals surface area contributed by atoms with Crippen LogP contribution in [0.15, 0.2) is 42.5 Å². The van der Waals surface area contributed by atoms with Crippen LogP contribution in [-0.2, 0) is 42.9 Å². The largest absolute Gasteiger partial charge is 0.442 e. The maximum Gasteiger partial charge on any atom is 0.349 e. The number of fused-ring (bicyclic) bond motifs is 1. The molecular formula is C30H33ClF2N4O6. The minimum Gasteiger partial charge on any atom is -0.442 e. The van der Waals surface area contributed by atoms with Gasteiger partial charge in [-0.2, -0.15) is 8.78 Å². The van der Waals surface area contributed by atoms with E-state index in [9.17, 15) is 32.8 Å². The Morgan fingerprint density at radius 1 is 1.12 bits per heavy atom. The van der Waals surface area contributed by atoms with E-state index in [4.69, 9.17) is 16.3 Å². The summed E-state index contributed by atoms with van der Waals surface area (Å²) in [5.41, 5.74) is -0.0904. The molecule has 2 atom stereocenters. The van der Waals surface area contributed by atoms with E-state index < -0.39 is 59.4 Å². The van der Waals surface area contributed by atoms with Crippen molar-refractivity contribution in [1.29, 1.82) is 0 Å². The molecule has 2 aliphatic heterocycles. The average molecular weight is 619 g/mol. The highest BCUT2D eigenvalue weighted by molar-refractivity contribution is 6.30. The molecule has 2 aromatic rings. The molecule has 0 spiro atoms. The van der Waals surface area contributed by atoms with Gasteiger partial charge in [0.2, 0.25) is 5.91 Å². The summed E-state index contributed by atoms with van der Waals surface area (Å²) < 4.78 is 34.6. The van der Waals surface area contributed by atoms with Gasteiger partial charge in [0.25, 0.3) is 17.7 Å². The zero-order valence-electron chi connectivity index (χ0n) is 24.3. The van der Waals surface area contributed by atoms with Crippen molar-refractivity contribution < 1.29 is 37.5 Å². The zero-order chi connectivity index (χ0) is 31.7. The lowest BCUT2D eigenvalue weighted by atomic mass is 9.98. The van der Waals surface area contributed by atoms with Crippen LogP contribution in [0, 0.1) is 0 Å². The molecule has 13 heteroatoms. The molecule has 1 saturated heterocycles. The second-order valence-electron chi connectivity index (χ2n) is 11.0. The number of halogens is 3. The molecule has 0 aliphatic carbocycles. The molecule has 43 heavy (non-hydrogen) atoms. The number of likely N-dealkylation sites (tertiary alicyclic amines) is 1. The van der Waals surface area contributed by atoms with Crippen LogP contribution in [0.1, 0.15) is 60.2 Å². The summed E-state index contributed by atoms with van der Waals surface area (Å²) >= 11 is 5.75. The predicted molar refractivity (Wildman–Crippen MR) is 152 cm³/mol. The van der Waals surface area contributed by atoms with Gasteiger partial charge in [-0.3, -0.25) is 24.1 Å². The quantitative estimate of drug-likeness (QED) is 0.320. The molecule has 2 heterocycles. The Kier molecular flexibility index (Phi) is 9.22. The number of hydrogen-bond donors (Lipinski definition) is 1. The topological polar surface area (TPSA) is 116 Å². The molecule has 0 bridgehead atoms. The molecule has 1 N–H and O–H groups in total. The van der Waals surface area contributed by atoms with Gasteiger partial charge in [-0.1, -0.05) is 42.8 Å². The number of carbonyl (C=O) groups is 5. The third-order valence-corrected chi connectivity index (χ3v) is 8.50. The molecule has 2 unspecified atom stereocenters. The van der Waals surface area contributed by atoms with Crippen molar-refractivity contribution in [3.63, 3.8) is 0 Å². The van der Waals surface area contributed by atoms with Gasteiger partial charge in [-0.25, -0.2) is 9.69 Å². The van der Waals surface area contributed by atoms with E-state index in [2.05, 4.69) is 5.32 Å². The van der Waals surface area contributed by atoms with Crippen molar-refractivity contribution in [2.75, 3.05) is 20.8 Å². The van der Waals surface area contributed by atoms with Gasteiger partial charge in [0.05, 0.1) is 0 Å². The van der Waals surface area contributed by atoms with E-state index in [0.29, 0.717) is 23.1 Å². The average Bonchev–Trinajstić information content (AvgIpc) is 3.30. The Hall–Kier alpha value is -3.90. The number of ether oxygens (including phenoxy) is 1. The van der Waals surface area contributed by atoms with Crippen LogP contribution in [0.3, 0.4) is 0 Å². The van der Waals surface area contributed by atoms with Crippen molar-refractivity contribution in [1.82, 2.24) is 20.0 Å². The number of likely N-dealkylation sites (N-methyl/N-ethyl adjacent to an activating group) is 1. The number of piperidine rings is 1. The Bertz CT molecular complexity index is 1450. The number of rotatable bonds is 10. The van der Waals surface area contributed by atoms with Crippen LogP contribution in [0.25, 0.3) is 0 Å². The van der Waals surface area contributed by atoms with E-state index in [1.54, 1.807) is 32.0 Å². The van der Waals surface area contributed by atoms with Crippen LogP contribution in [-0.4, -0.2) is 76.7 Å². The monoisotopic (exact) mass is 618 g/mol. The first-order valence-electron chi connectivity index (χ1n) is 13.7. The minimum absolute atomic E-state index is 0.0219. The van der Waals surface area contributed by atoms with Gasteiger partial charge in [-0.15, -0.1) is 0 Å². The first kappa shape index (κ1) is 32.0. The highest BCUT2D eigenvalue weighted by Crippen LogP contribution is 2.31. The van der Waals surface area contributed by atoms with Gasteiger partial charge >= 0.3 is 11.9 Å². The fraction of sp³-hybridized carbons (Fsp3) is 0.433. The lowest BCUT2D eigenvalue weighted by molar-refractivity contribution is -0.170. The second-order valence-corrected chi connectivity index (χ2v) is 11.4. The number of hydrogen-bond acceptors (Lipinski definition) is 7. The number of alkyl halides is 2. The molecule has 4 rings (SSSR count). The van der Waals surface area contributed by atoms with E-state index in [1.807, 2.05) is 6.92 Å². The fourth-order valence-electron chi connectivity index (χ4n) is 5.01. The van der Waals surface area contributed by atoms with E-state index in [-0.39, 0.29) is 31.0 Å². The second kappa shape index (κ2) is 12.4. The van der Waals surface area contributed by atoms with E-state index >= 15 is 0 Å². The standard InChI is InChI=1S/C30H33ClF2N4O6/c1-5-29(2,35(3)4)28(42)43-17-37-24(38)13-12-23(26(37)40)36-16-19-14-18(6-11-22(19)25(36)39)15-34-27(41)30(32,33)20-7-9-21(31)10-8-20/h6-11,14,23H,5,12-13,15-17H2,1-4H3,(H,34,41). The van der Waals surface area contributed by atoms with Crippen LogP contribution >= 0.6 is 11.6 Å². The maximum atomic E-state index is 14.6. The summed E-state index contributed by atoms with van der Waals surface area (Å²) in [6.45, 7) is 2.78. The van der Waals surface area contributed by atoms with Crippen LogP contribution < -0.4 is 5.32 Å². The number of imide groups is 1. The number of amides is 4. The van der Waals surface area contributed by atoms with Gasteiger partial charge in [0.15, 0.2) is 6.73 Å². The number of nitrogens with zero attached hydrogens (tertiary/aromatic N) is 3. The van der Waals surface area contributed by atoms with Crippen LogP contribution in [0.4, 0.5) is 8.78 Å². The Balaban J connectivity index is 1.41. The van der Waals surface area contributed by atoms with Crippen molar-refractivity contribution in [2.45, 2.75) is 63.7 Å². The summed E-state index contributed by atoms with van der Waals surface area (Å²) in [4.78, 5) is 68.1. The first-order chi connectivity index (χ1) is 20.2. The molecule has 2 aliphatic rings. The summed E-state index contributed by atoms with van der Waals surface area (Å²) in [7, 11) is 3.45. The molecule has 0 aromatic heterocycles. The summed E-state index contributed by atoms with van der Waals surface area (Å²) in [5.74, 6) is -7.43.